The van der Waals surface area contributed by atoms with Crippen molar-refractivity contribution in [3.63, 3.8) is 0 Å². The number of fused-ring (bicyclic) bond motifs is 6. The molecule has 0 fully saturated rings. The van der Waals surface area contributed by atoms with Crippen molar-refractivity contribution >= 4 is 29.0 Å². The van der Waals surface area contributed by atoms with E-state index in [-0.39, 0.29) is 33.6 Å². The highest BCUT2D eigenvalue weighted by Gasteiger charge is 2.55. The highest BCUT2D eigenvalue weighted by molar-refractivity contribution is 7.78. The van der Waals surface area contributed by atoms with Gasteiger partial charge in [0.15, 0.2) is 5.60 Å². The van der Waals surface area contributed by atoms with Crippen molar-refractivity contribution in [2.24, 2.45) is 4.99 Å². The van der Waals surface area contributed by atoms with Crippen molar-refractivity contribution in [3.05, 3.63) is 112 Å². The molecule has 8 heteroatoms. The maximum Gasteiger partial charge on any atom is 0.340 e. The van der Waals surface area contributed by atoms with Gasteiger partial charge in [-0.25, -0.2) is 13.6 Å². The summed E-state index contributed by atoms with van der Waals surface area (Å²) in [6.07, 6.45) is -2.91. The first-order chi connectivity index (χ1) is 18.0. The highest BCUT2D eigenvalue weighted by Crippen LogP contribution is 2.59. The molecule has 0 radical (unpaired) electrons. The summed E-state index contributed by atoms with van der Waals surface area (Å²) in [6.45, 7) is 0. The number of benzene rings is 4. The molecule has 2 aliphatic rings. The topological polar surface area (TPSA) is 71.7 Å². The van der Waals surface area contributed by atoms with Gasteiger partial charge < -0.3 is 9.47 Å². The lowest BCUT2D eigenvalue weighted by Crippen LogP contribution is -2.34. The lowest BCUT2D eigenvalue weighted by Gasteiger charge is -2.38. The molecule has 2 aliphatic heterocycles. The number of thiocarbonyl (C=S) groups is 1. The summed E-state index contributed by atoms with van der Waals surface area (Å²) in [5.74, 6) is 0.0660. The second-order valence-corrected chi connectivity index (χ2v) is 8.65. The Bertz CT molecular complexity index is 1720. The summed E-state index contributed by atoms with van der Waals surface area (Å²) < 4.78 is 41.6. The number of carbonyl (C=O) groups is 1. The minimum atomic E-state index is -2.91. The summed E-state index contributed by atoms with van der Waals surface area (Å²) in [6, 6.07) is 23.2. The Morgan fingerprint density at radius 1 is 0.919 bits per heavy atom. The summed E-state index contributed by atoms with van der Waals surface area (Å²) in [7, 11) is 0. The quantitative estimate of drug-likeness (QED) is 0.163. The molecule has 0 bridgehead atoms. The Kier molecular flexibility index (Phi) is 5.20. The van der Waals surface area contributed by atoms with E-state index in [0.29, 0.717) is 28.1 Å². The zero-order valence-corrected chi connectivity index (χ0v) is 19.7. The molecule has 1 spiro atoms. The van der Waals surface area contributed by atoms with Gasteiger partial charge in [-0.1, -0.05) is 36.4 Å². The van der Waals surface area contributed by atoms with Crippen molar-refractivity contribution in [2.45, 2.75) is 12.0 Å². The normalized spacial score (nSPS) is 16.6. The molecule has 37 heavy (non-hydrogen) atoms. The van der Waals surface area contributed by atoms with E-state index >= 15 is 0 Å². The largest absolute Gasteiger partial charge is 0.456 e. The number of alkyl halides is 2. The van der Waals surface area contributed by atoms with Crippen LogP contribution in [0.5, 0.6) is 11.5 Å². The van der Waals surface area contributed by atoms with E-state index in [4.69, 9.17) is 21.7 Å². The molecule has 2 heterocycles. The molecule has 4 aromatic carbocycles. The van der Waals surface area contributed by atoms with Crippen LogP contribution in [-0.2, 0) is 10.3 Å². The van der Waals surface area contributed by atoms with Gasteiger partial charge in [-0.3, -0.25) is 0 Å². The monoisotopic (exact) mass is 508 g/mol. The van der Waals surface area contributed by atoms with Crippen LogP contribution in [0.2, 0.25) is 0 Å². The zero-order valence-electron chi connectivity index (χ0n) is 18.9. The molecule has 5 nitrogen and oxygen atoms in total. The van der Waals surface area contributed by atoms with Crippen molar-refractivity contribution in [3.8, 4) is 28.7 Å². The van der Waals surface area contributed by atoms with E-state index < -0.39 is 18.0 Å². The SMILES string of the molecule is N#Cc1ccc(N=C=S)cc1-c1c(C(F)F)ccc2c1C1(OC(=O)c3ccccc31)c1ccccc1O2. The Morgan fingerprint density at radius 3 is 2.43 bits per heavy atom. The number of ether oxygens (including phenoxy) is 2. The second kappa shape index (κ2) is 8.45. The third-order valence-electron chi connectivity index (χ3n) is 6.61. The molecule has 0 saturated carbocycles. The molecule has 0 saturated heterocycles. The minimum absolute atomic E-state index is 0.0319. The molecule has 6 rings (SSSR count). The van der Waals surface area contributed by atoms with E-state index in [1.807, 2.05) is 0 Å². The fourth-order valence-corrected chi connectivity index (χ4v) is 5.27. The third-order valence-corrected chi connectivity index (χ3v) is 6.70. The van der Waals surface area contributed by atoms with Gasteiger partial charge in [-0.2, -0.15) is 10.3 Å². The molecular formula is C29H14F2N2O3S. The fraction of sp³-hybridized carbons (Fsp3) is 0.0690. The molecule has 0 aliphatic carbocycles. The minimum Gasteiger partial charge on any atom is -0.456 e. The number of nitriles is 1. The molecule has 4 aromatic rings. The number of nitrogens with zero attached hydrogens (tertiary/aromatic N) is 2. The Balaban J connectivity index is 1.81. The van der Waals surface area contributed by atoms with E-state index in [2.05, 4.69) is 16.2 Å². The van der Waals surface area contributed by atoms with Crippen LogP contribution in [0.15, 0.2) is 83.9 Å². The lowest BCUT2D eigenvalue weighted by molar-refractivity contribution is 0.0225. The number of hydrogen-bond donors (Lipinski definition) is 0. The van der Waals surface area contributed by atoms with Crippen LogP contribution in [0.1, 0.15) is 44.6 Å². The van der Waals surface area contributed by atoms with E-state index in [9.17, 15) is 18.8 Å². The van der Waals surface area contributed by atoms with Crippen molar-refractivity contribution < 1.29 is 23.0 Å². The summed E-state index contributed by atoms with van der Waals surface area (Å²) in [4.78, 5) is 17.2. The van der Waals surface area contributed by atoms with Crippen molar-refractivity contribution in [1.82, 2.24) is 0 Å². The van der Waals surface area contributed by atoms with Gasteiger partial charge in [-0.15, -0.1) is 0 Å². The molecule has 0 aromatic heterocycles. The number of hydrogen-bond acceptors (Lipinski definition) is 6. The van der Waals surface area contributed by atoms with Gasteiger partial charge >= 0.3 is 5.97 Å². The van der Waals surface area contributed by atoms with Gasteiger partial charge in [0.05, 0.1) is 33.6 Å². The van der Waals surface area contributed by atoms with Gasteiger partial charge in [0.25, 0.3) is 6.43 Å². The average Bonchev–Trinajstić information content (AvgIpc) is 3.21. The number of aliphatic imine (C=N–C) groups is 1. The van der Waals surface area contributed by atoms with E-state index in [0.717, 1.165) is 0 Å². The Hall–Kier alpha value is -4.70. The molecule has 1 unspecified atom stereocenters. The molecule has 1 atom stereocenters. The van der Waals surface area contributed by atoms with Gasteiger partial charge in [0, 0.05) is 27.8 Å². The first-order valence-corrected chi connectivity index (χ1v) is 11.6. The van der Waals surface area contributed by atoms with Crippen LogP contribution in [0, 0.1) is 11.3 Å². The smallest absolute Gasteiger partial charge is 0.340 e. The first-order valence-electron chi connectivity index (χ1n) is 11.2. The molecular weight excluding hydrogens is 494 g/mol. The maximum atomic E-state index is 14.6. The van der Waals surface area contributed by atoms with E-state index in [1.54, 1.807) is 54.6 Å². The molecule has 0 N–H and O–H groups in total. The predicted molar refractivity (Wildman–Crippen MR) is 134 cm³/mol. The van der Waals surface area contributed by atoms with Crippen LogP contribution in [0.25, 0.3) is 11.1 Å². The van der Waals surface area contributed by atoms with Crippen LogP contribution in [0.3, 0.4) is 0 Å². The maximum absolute atomic E-state index is 14.6. The van der Waals surface area contributed by atoms with Crippen molar-refractivity contribution in [2.75, 3.05) is 0 Å². The first kappa shape index (κ1) is 22.7. The lowest BCUT2D eigenvalue weighted by atomic mass is 9.73. The second-order valence-electron chi connectivity index (χ2n) is 8.46. The number of halogens is 2. The van der Waals surface area contributed by atoms with Crippen LogP contribution >= 0.6 is 12.2 Å². The van der Waals surface area contributed by atoms with Gasteiger partial charge in [0.2, 0.25) is 0 Å². The van der Waals surface area contributed by atoms with Crippen LogP contribution < -0.4 is 4.74 Å². The summed E-state index contributed by atoms with van der Waals surface area (Å²) in [5.41, 5.74) is 0.252. The summed E-state index contributed by atoms with van der Waals surface area (Å²) in [5, 5.41) is 12.2. The average molecular weight is 509 g/mol. The van der Waals surface area contributed by atoms with Crippen molar-refractivity contribution in [1.29, 1.82) is 5.26 Å². The predicted octanol–water partition coefficient (Wildman–Crippen LogP) is 7.47. The van der Waals surface area contributed by atoms with Crippen LogP contribution in [0.4, 0.5) is 14.5 Å². The Labute approximate surface area is 215 Å². The van der Waals surface area contributed by atoms with Crippen LogP contribution in [-0.4, -0.2) is 11.1 Å². The standard InChI is InChI=1S/C29H14F2N2O3S/c30-27(31)19-11-12-24-26(25(19)20-13-17(33-15-37)10-9-16(20)14-32)29(22-7-3-4-8-23(22)35-24)21-6-2-1-5-18(21)28(34)36-29/h1-13,27H. The molecule has 0 amide bonds. The number of para-hydroxylation sites is 1. The third kappa shape index (κ3) is 3.22. The number of carbonyl (C=O) groups excluding carboxylic acids is 1. The fourth-order valence-electron chi connectivity index (χ4n) is 5.17. The Morgan fingerprint density at radius 2 is 1.68 bits per heavy atom. The summed E-state index contributed by atoms with van der Waals surface area (Å²) >= 11 is 4.72. The van der Waals surface area contributed by atoms with Gasteiger partial charge in [-0.05, 0) is 54.7 Å². The zero-order chi connectivity index (χ0) is 25.7. The number of esters is 1. The van der Waals surface area contributed by atoms with E-state index in [1.165, 1.54) is 24.3 Å². The number of isothiocyanates is 1. The van der Waals surface area contributed by atoms with Gasteiger partial charge in [0.1, 0.15) is 11.5 Å². The number of rotatable bonds is 3. The molecule has 178 valence electrons. The highest BCUT2D eigenvalue weighted by atomic mass is 32.1.